The number of fused-ring (bicyclic) bond motifs is 4. The van der Waals surface area contributed by atoms with Gasteiger partial charge < -0.3 is 14.0 Å². The fraction of sp³-hybridized carbons (Fsp3) is 0.0455. The van der Waals surface area contributed by atoms with Crippen molar-refractivity contribution in [2.24, 2.45) is 0 Å². The van der Waals surface area contributed by atoms with E-state index in [1.54, 1.807) is 0 Å². The maximum absolute atomic E-state index is 16.7. The molecule has 0 atom stereocenters. The molecular formula is C44H31O3P. The van der Waals surface area contributed by atoms with Gasteiger partial charge in [-0.25, -0.2) is 0 Å². The van der Waals surface area contributed by atoms with E-state index in [4.69, 9.17) is 9.47 Å². The second-order valence-electron chi connectivity index (χ2n) is 12.5. The van der Waals surface area contributed by atoms with Gasteiger partial charge in [-0.05, 0) is 65.4 Å². The second-order valence-corrected chi connectivity index (χ2v) is 15.1. The number of benzene rings is 7. The third-order valence-electron chi connectivity index (χ3n) is 9.64. The molecule has 9 rings (SSSR count). The van der Waals surface area contributed by atoms with Gasteiger partial charge in [0.2, 0.25) is 0 Å². The summed E-state index contributed by atoms with van der Waals surface area (Å²) in [5, 5.41) is 1.99. The molecule has 230 valence electrons. The van der Waals surface area contributed by atoms with E-state index in [1.807, 2.05) is 84.9 Å². The van der Waals surface area contributed by atoms with Gasteiger partial charge in [0.15, 0.2) is 18.6 Å². The summed E-state index contributed by atoms with van der Waals surface area (Å²) in [5.74, 6) is 2.43. The number of hydrogen-bond acceptors (Lipinski definition) is 3. The van der Waals surface area contributed by atoms with Crippen LogP contribution in [0.15, 0.2) is 152 Å². The van der Waals surface area contributed by atoms with Crippen molar-refractivity contribution in [1.82, 2.24) is 0 Å². The molecule has 7 aromatic rings. The van der Waals surface area contributed by atoms with Crippen LogP contribution in [0.3, 0.4) is 0 Å². The highest BCUT2D eigenvalue weighted by molar-refractivity contribution is 7.86. The van der Waals surface area contributed by atoms with Gasteiger partial charge in [-0.2, -0.15) is 0 Å². The zero-order valence-corrected chi connectivity index (χ0v) is 27.5. The molecule has 0 unspecified atom stereocenters. The molecule has 0 bridgehead atoms. The van der Waals surface area contributed by atoms with Crippen LogP contribution in [-0.2, 0) is 4.57 Å². The highest BCUT2D eigenvalue weighted by Crippen LogP contribution is 2.63. The molecule has 0 saturated carbocycles. The van der Waals surface area contributed by atoms with Crippen molar-refractivity contribution >= 4 is 23.1 Å². The molecule has 2 aliphatic heterocycles. The van der Waals surface area contributed by atoms with Crippen LogP contribution in [0, 0.1) is 13.8 Å². The summed E-state index contributed by atoms with van der Waals surface area (Å²) < 4.78 is 30.9. The molecule has 0 N–H and O–H groups in total. The molecule has 3 nitrogen and oxygen atoms in total. The van der Waals surface area contributed by atoms with Crippen LogP contribution in [0.2, 0.25) is 0 Å². The molecule has 0 saturated heterocycles. The molecule has 0 radical (unpaired) electrons. The van der Waals surface area contributed by atoms with Gasteiger partial charge in [-0.1, -0.05) is 133 Å². The Labute approximate surface area is 280 Å². The summed E-state index contributed by atoms with van der Waals surface area (Å²) in [6.45, 7) is 4.21. The van der Waals surface area contributed by atoms with Gasteiger partial charge >= 0.3 is 0 Å². The summed E-state index contributed by atoms with van der Waals surface area (Å²) >= 11 is 0. The predicted octanol–water partition coefficient (Wildman–Crippen LogP) is 10.8. The highest BCUT2D eigenvalue weighted by atomic mass is 31.2. The quantitative estimate of drug-likeness (QED) is 0.180. The smallest absolute Gasteiger partial charge is 0.185 e. The Kier molecular flexibility index (Phi) is 6.54. The van der Waals surface area contributed by atoms with E-state index in [9.17, 15) is 0 Å². The van der Waals surface area contributed by atoms with Crippen molar-refractivity contribution in [3.63, 3.8) is 0 Å². The third-order valence-corrected chi connectivity index (χ3v) is 12.7. The normalized spacial score (nSPS) is 13.4. The molecule has 0 spiro atoms. The van der Waals surface area contributed by atoms with E-state index in [2.05, 4.69) is 80.6 Å². The minimum Gasteiger partial charge on any atom is -0.454 e. The molecule has 0 fully saturated rings. The molecule has 0 aromatic heterocycles. The average Bonchev–Trinajstić information content (AvgIpc) is 3.13. The van der Waals surface area contributed by atoms with Crippen molar-refractivity contribution < 1.29 is 14.0 Å². The van der Waals surface area contributed by atoms with Crippen molar-refractivity contribution in [3.8, 4) is 67.5 Å². The Hall–Kier alpha value is -5.63. The van der Waals surface area contributed by atoms with Crippen LogP contribution in [0.25, 0.3) is 44.5 Å². The molecule has 0 amide bonds. The van der Waals surface area contributed by atoms with Crippen molar-refractivity contribution in [2.45, 2.75) is 13.8 Å². The Bertz CT molecular complexity index is 2280. The maximum atomic E-state index is 16.7. The topological polar surface area (TPSA) is 35.5 Å². The monoisotopic (exact) mass is 638 g/mol. The Morgan fingerprint density at radius 2 is 0.792 bits per heavy atom. The lowest BCUT2D eigenvalue weighted by Crippen LogP contribution is -2.36. The molecule has 2 aliphatic rings. The second kappa shape index (κ2) is 11.0. The molecule has 4 heteroatoms. The van der Waals surface area contributed by atoms with E-state index in [1.165, 1.54) is 0 Å². The summed E-state index contributed by atoms with van der Waals surface area (Å²) in [6.07, 6.45) is 0. The lowest BCUT2D eigenvalue weighted by atomic mass is 9.96. The van der Waals surface area contributed by atoms with Crippen molar-refractivity contribution in [1.29, 1.82) is 0 Å². The third kappa shape index (κ3) is 4.18. The number of para-hydroxylation sites is 2. The van der Waals surface area contributed by atoms with Gasteiger partial charge in [-0.15, -0.1) is 0 Å². The van der Waals surface area contributed by atoms with Crippen molar-refractivity contribution in [3.05, 3.63) is 163 Å². The zero-order chi connectivity index (χ0) is 32.4. The van der Waals surface area contributed by atoms with Crippen LogP contribution < -0.4 is 25.4 Å². The zero-order valence-electron chi connectivity index (χ0n) is 26.6. The summed E-state index contributed by atoms with van der Waals surface area (Å²) in [6, 6.07) is 51.3. The maximum Gasteiger partial charge on any atom is 0.185 e. The Morgan fingerprint density at radius 3 is 1.23 bits per heavy atom. The predicted molar refractivity (Wildman–Crippen MR) is 197 cm³/mol. The Morgan fingerprint density at radius 1 is 0.396 bits per heavy atom. The van der Waals surface area contributed by atoms with Gasteiger partial charge in [0.1, 0.15) is 16.8 Å². The lowest BCUT2D eigenvalue weighted by Gasteiger charge is -2.38. The van der Waals surface area contributed by atoms with Crippen molar-refractivity contribution in [2.75, 3.05) is 0 Å². The molecule has 48 heavy (non-hydrogen) atoms. The first-order valence-electron chi connectivity index (χ1n) is 16.2. The number of rotatable bonds is 4. The van der Waals surface area contributed by atoms with Gasteiger partial charge in [0.05, 0.1) is 10.6 Å². The number of hydrogen-bond donors (Lipinski definition) is 0. The van der Waals surface area contributed by atoms with E-state index in [0.717, 1.165) is 55.6 Å². The van der Waals surface area contributed by atoms with E-state index < -0.39 is 7.14 Å². The standard InChI is InChI=1S/C44H31O3P/c1-28-15-9-11-21-32(28)34-23-13-25-38-40(34)46-42-36(30-17-5-3-6-18-30)27-37(31-19-7-4-8-20-31)43-44(42)48(38,45)39-26-14-24-35(41(39)47-43)33-22-12-10-16-29(33)2/h3-27H,1-2H3. The average molecular weight is 639 g/mol. The number of ether oxygens (including phenoxy) is 2. The first-order valence-corrected chi connectivity index (χ1v) is 17.9. The first-order chi connectivity index (χ1) is 23.5. The molecule has 2 heterocycles. The molecule has 0 aliphatic carbocycles. The SMILES string of the molecule is Cc1ccccc1-c1cccc2c1Oc1c(-c3ccccc3)cc(-c3ccccc3)c3c1P2(=O)c1cccc(-c2ccccc2C)c1O3. The van der Waals surface area contributed by atoms with E-state index >= 15 is 4.57 Å². The summed E-state index contributed by atoms with van der Waals surface area (Å²) in [5.41, 5.74) is 9.90. The molecule has 7 aromatic carbocycles. The summed E-state index contributed by atoms with van der Waals surface area (Å²) in [4.78, 5) is 0. The first kappa shape index (κ1) is 28.6. The van der Waals surface area contributed by atoms with Gasteiger partial charge in [-0.3, -0.25) is 0 Å². The largest absolute Gasteiger partial charge is 0.454 e. The number of aryl methyl sites for hydroxylation is 2. The fourth-order valence-electron chi connectivity index (χ4n) is 7.30. The van der Waals surface area contributed by atoms with Crippen LogP contribution in [0.5, 0.6) is 23.0 Å². The van der Waals surface area contributed by atoms with Crippen LogP contribution in [0.4, 0.5) is 0 Å². The Balaban J connectivity index is 1.44. The molecular weight excluding hydrogens is 607 g/mol. The van der Waals surface area contributed by atoms with Crippen LogP contribution in [-0.4, -0.2) is 0 Å². The minimum absolute atomic E-state index is 0.583. The minimum atomic E-state index is -3.58. The fourth-order valence-corrected chi connectivity index (χ4v) is 10.4. The highest BCUT2D eigenvalue weighted by Gasteiger charge is 2.49. The summed E-state index contributed by atoms with van der Waals surface area (Å²) in [7, 11) is -3.58. The lowest BCUT2D eigenvalue weighted by molar-refractivity contribution is 0.465. The van der Waals surface area contributed by atoms with E-state index in [-0.39, 0.29) is 0 Å². The van der Waals surface area contributed by atoms with E-state index in [0.29, 0.717) is 38.9 Å². The van der Waals surface area contributed by atoms with Crippen LogP contribution in [0.1, 0.15) is 11.1 Å². The van der Waals surface area contributed by atoms with Crippen LogP contribution >= 0.6 is 7.14 Å². The van der Waals surface area contributed by atoms with Gasteiger partial charge in [0, 0.05) is 22.3 Å². The van der Waals surface area contributed by atoms with Gasteiger partial charge in [0.25, 0.3) is 0 Å².